The van der Waals surface area contributed by atoms with E-state index in [1.165, 1.54) is 7.11 Å². The topological polar surface area (TPSA) is 75.6 Å². The van der Waals surface area contributed by atoms with Gasteiger partial charge < -0.3 is 15.2 Å². The molecule has 0 heterocycles. The Balaban J connectivity index is 3.06. The van der Waals surface area contributed by atoms with Crippen LogP contribution >= 0.6 is 0 Å². The fourth-order valence-corrected chi connectivity index (χ4v) is 0.966. The van der Waals surface area contributed by atoms with Gasteiger partial charge in [0.1, 0.15) is 0 Å². The average Bonchev–Trinajstić information content (AvgIpc) is 2.15. The van der Waals surface area contributed by atoms with E-state index in [0.717, 1.165) is 12.8 Å². The van der Waals surface area contributed by atoms with Crippen LogP contribution < -0.4 is 5.32 Å². The second kappa shape index (κ2) is 8.50. The number of nitrogens with one attached hydrogen (secondary N) is 1. The molecule has 0 rings (SSSR count). The molecule has 0 spiro atoms. The normalized spacial score (nSPS) is 9.79. The Morgan fingerprint density at radius 3 is 2.57 bits per heavy atom. The van der Waals surface area contributed by atoms with Crippen LogP contribution in [0.2, 0.25) is 0 Å². The van der Waals surface area contributed by atoms with E-state index in [0.29, 0.717) is 13.0 Å². The number of aliphatic carboxylic acids is 1. The SMILES string of the molecule is COC(=O)CNCCCCCC(=O)O. The molecule has 0 aromatic carbocycles. The third kappa shape index (κ3) is 8.99. The number of ether oxygens (including phenoxy) is 1. The number of unbranched alkanes of at least 4 members (excludes halogenated alkanes) is 2. The first kappa shape index (κ1) is 12.9. The highest BCUT2D eigenvalue weighted by atomic mass is 16.5. The van der Waals surface area contributed by atoms with E-state index in [4.69, 9.17) is 5.11 Å². The smallest absolute Gasteiger partial charge is 0.319 e. The molecule has 0 bridgehead atoms. The Bertz CT molecular complexity index is 182. The molecule has 0 fully saturated rings. The van der Waals surface area contributed by atoms with E-state index in [1.54, 1.807) is 0 Å². The molecule has 5 heteroatoms. The molecule has 2 N–H and O–H groups in total. The summed E-state index contributed by atoms with van der Waals surface area (Å²) in [5.74, 6) is -1.04. The van der Waals surface area contributed by atoms with Crippen molar-refractivity contribution in [3.05, 3.63) is 0 Å². The fraction of sp³-hybridized carbons (Fsp3) is 0.778. The van der Waals surface area contributed by atoms with Crippen molar-refractivity contribution >= 4 is 11.9 Å². The van der Waals surface area contributed by atoms with Crippen LogP contribution in [0.1, 0.15) is 25.7 Å². The van der Waals surface area contributed by atoms with Gasteiger partial charge in [0.25, 0.3) is 0 Å². The lowest BCUT2D eigenvalue weighted by molar-refractivity contribution is -0.139. The van der Waals surface area contributed by atoms with Gasteiger partial charge in [0.15, 0.2) is 0 Å². The largest absolute Gasteiger partial charge is 0.481 e. The Labute approximate surface area is 83.4 Å². The first-order valence-corrected chi connectivity index (χ1v) is 4.66. The molecule has 0 aromatic rings. The van der Waals surface area contributed by atoms with Gasteiger partial charge in [0.05, 0.1) is 13.7 Å². The first-order valence-electron chi connectivity index (χ1n) is 4.66. The average molecular weight is 203 g/mol. The predicted octanol–water partition coefficient (Wildman–Crippen LogP) is 0.394. The minimum Gasteiger partial charge on any atom is -0.481 e. The van der Waals surface area contributed by atoms with Gasteiger partial charge in [-0.1, -0.05) is 6.42 Å². The summed E-state index contributed by atoms with van der Waals surface area (Å²) < 4.78 is 4.43. The molecule has 0 aliphatic heterocycles. The maximum atomic E-state index is 10.6. The molecule has 0 radical (unpaired) electrons. The Morgan fingerprint density at radius 2 is 2.00 bits per heavy atom. The number of hydrogen-bond donors (Lipinski definition) is 2. The molecular formula is C9H17NO4. The molecule has 0 unspecified atom stereocenters. The Kier molecular flexibility index (Phi) is 7.83. The van der Waals surface area contributed by atoms with Crippen molar-refractivity contribution in [1.82, 2.24) is 5.32 Å². The fourth-order valence-electron chi connectivity index (χ4n) is 0.966. The van der Waals surface area contributed by atoms with Crippen molar-refractivity contribution in [1.29, 1.82) is 0 Å². The number of carboxylic acids is 1. The lowest BCUT2D eigenvalue weighted by atomic mass is 10.2. The van der Waals surface area contributed by atoms with E-state index in [-0.39, 0.29) is 18.9 Å². The summed E-state index contributed by atoms with van der Waals surface area (Å²) in [7, 11) is 1.34. The van der Waals surface area contributed by atoms with Crippen LogP contribution in [0.4, 0.5) is 0 Å². The first-order chi connectivity index (χ1) is 6.66. The maximum Gasteiger partial charge on any atom is 0.319 e. The van der Waals surface area contributed by atoms with E-state index in [9.17, 15) is 9.59 Å². The lowest BCUT2D eigenvalue weighted by Crippen LogP contribution is -2.24. The summed E-state index contributed by atoms with van der Waals surface area (Å²) in [6, 6.07) is 0. The summed E-state index contributed by atoms with van der Waals surface area (Å²) in [6.45, 7) is 0.935. The second-order valence-electron chi connectivity index (χ2n) is 2.96. The second-order valence-corrected chi connectivity index (χ2v) is 2.96. The van der Waals surface area contributed by atoms with Crippen LogP contribution in [-0.4, -0.2) is 37.2 Å². The highest BCUT2D eigenvalue weighted by molar-refractivity contribution is 5.71. The number of carbonyl (C=O) groups excluding carboxylic acids is 1. The van der Waals surface area contributed by atoms with Crippen LogP contribution in [0.15, 0.2) is 0 Å². The van der Waals surface area contributed by atoms with Gasteiger partial charge in [0.2, 0.25) is 0 Å². The van der Waals surface area contributed by atoms with Gasteiger partial charge >= 0.3 is 11.9 Å². The summed E-state index contributed by atoms with van der Waals surface area (Å²) in [4.78, 5) is 20.8. The number of carboxylic acid groups (broad SMARTS) is 1. The zero-order chi connectivity index (χ0) is 10.8. The van der Waals surface area contributed by atoms with Gasteiger partial charge in [-0.05, 0) is 19.4 Å². The van der Waals surface area contributed by atoms with Gasteiger partial charge in [0, 0.05) is 6.42 Å². The van der Waals surface area contributed by atoms with E-state index in [1.807, 2.05) is 0 Å². The molecule has 0 atom stereocenters. The number of esters is 1. The lowest BCUT2D eigenvalue weighted by Gasteiger charge is -2.02. The van der Waals surface area contributed by atoms with Crippen LogP contribution in [-0.2, 0) is 14.3 Å². The minimum absolute atomic E-state index is 0.218. The van der Waals surface area contributed by atoms with Crippen molar-refractivity contribution in [2.24, 2.45) is 0 Å². The van der Waals surface area contributed by atoms with Crippen molar-refractivity contribution in [3.63, 3.8) is 0 Å². The van der Waals surface area contributed by atoms with E-state index < -0.39 is 5.97 Å². The summed E-state index contributed by atoms with van der Waals surface area (Å²) >= 11 is 0. The van der Waals surface area contributed by atoms with Crippen molar-refractivity contribution in [3.8, 4) is 0 Å². The molecule has 5 nitrogen and oxygen atoms in total. The minimum atomic E-state index is -0.757. The van der Waals surface area contributed by atoms with Gasteiger partial charge in [-0.25, -0.2) is 0 Å². The molecule has 0 saturated carbocycles. The molecular weight excluding hydrogens is 186 g/mol. The number of carbonyl (C=O) groups is 2. The molecule has 82 valence electrons. The van der Waals surface area contributed by atoms with Gasteiger partial charge in [-0.15, -0.1) is 0 Å². The monoisotopic (exact) mass is 203 g/mol. The molecule has 0 saturated heterocycles. The molecule has 0 aliphatic rings. The standard InChI is InChI=1S/C9H17NO4/c1-14-9(13)7-10-6-4-2-3-5-8(11)12/h10H,2-7H2,1H3,(H,11,12). The Morgan fingerprint density at radius 1 is 1.29 bits per heavy atom. The van der Waals surface area contributed by atoms with Crippen LogP contribution in [0.25, 0.3) is 0 Å². The molecule has 0 aliphatic carbocycles. The summed E-state index contributed by atoms with van der Waals surface area (Å²) in [5, 5.41) is 11.2. The highest BCUT2D eigenvalue weighted by Gasteiger charge is 1.98. The highest BCUT2D eigenvalue weighted by Crippen LogP contribution is 1.98. The number of methoxy groups -OCH3 is 1. The number of hydrogen-bond acceptors (Lipinski definition) is 4. The van der Waals surface area contributed by atoms with Crippen LogP contribution in [0.5, 0.6) is 0 Å². The predicted molar refractivity (Wildman–Crippen MR) is 51.0 cm³/mol. The zero-order valence-electron chi connectivity index (χ0n) is 8.41. The molecule has 0 amide bonds. The van der Waals surface area contributed by atoms with Crippen LogP contribution in [0, 0.1) is 0 Å². The summed E-state index contributed by atoms with van der Waals surface area (Å²) in [5.41, 5.74) is 0. The van der Waals surface area contributed by atoms with Gasteiger partial charge in [-0.3, -0.25) is 9.59 Å². The molecule has 14 heavy (non-hydrogen) atoms. The zero-order valence-corrected chi connectivity index (χ0v) is 8.41. The van der Waals surface area contributed by atoms with E-state index in [2.05, 4.69) is 10.1 Å². The third-order valence-electron chi connectivity index (χ3n) is 1.74. The van der Waals surface area contributed by atoms with Gasteiger partial charge in [-0.2, -0.15) is 0 Å². The number of rotatable bonds is 8. The van der Waals surface area contributed by atoms with Crippen molar-refractivity contribution in [2.75, 3.05) is 20.2 Å². The molecule has 0 aromatic heterocycles. The Hall–Kier alpha value is -1.10. The van der Waals surface area contributed by atoms with Crippen LogP contribution in [0.3, 0.4) is 0 Å². The van der Waals surface area contributed by atoms with Crippen molar-refractivity contribution in [2.45, 2.75) is 25.7 Å². The van der Waals surface area contributed by atoms with E-state index >= 15 is 0 Å². The van der Waals surface area contributed by atoms with Crippen molar-refractivity contribution < 1.29 is 19.4 Å². The quantitative estimate of drug-likeness (QED) is 0.441. The summed E-state index contributed by atoms with van der Waals surface area (Å²) in [6.07, 6.45) is 2.65. The third-order valence-corrected chi connectivity index (χ3v) is 1.74. The maximum absolute atomic E-state index is 10.6.